The molecule has 0 rings (SSSR count). The predicted octanol–water partition coefficient (Wildman–Crippen LogP) is 6.31. The molecular weight excluding hydrogens is 232 g/mol. The molecule has 16 heavy (non-hydrogen) atoms. The van der Waals surface area contributed by atoms with Crippen LogP contribution in [0.2, 0.25) is 0 Å². The average Bonchev–Trinajstić information content (AvgIpc) is 2.31. The van der Waals surface area contributed by atoms with Gasteiger partial charge in [-0.2, -0.15) is 0 Å². The Kier molecular flexibility index (Phi) is 16.4. The Bertz CT molecular complexity index is 101. The molecule has 0 aromatic heterocycles. The second-order valence-corrected chi connectivity index (χ2v) is 7.17. The lowest BCUT2D eigenvalue weighted by atomic mass is 10.1. The first kappa shape index (κ1) is 16.7. The lowest BCUT2D eigenvalue weighted by Crippen LogP contribution is -1.82. The SMILES string of the molecule is CCCCCCCCSSCCCCCC. The van der Waals surface area contributed by atoms with E-state index in [1.165, 1.54) is 75.7 Å². The summed E-state index contributed by atoms with van der Waals surface area (Å²) in [4.78, 5) is 0. The number of hydrogen-bond acceptors (Lipinski definition) is 2. The Morgan fingerprint density at radius 1 is 0.500 bits per heavy atom. The van der Waals surface area contributed by atoms with E-state index < -0.39 is 0 Å². The van der Waals surface area contributed by atoms with E-state index in [1.54, 1.807) is 0 Å². The molecule has 0 aromatic rings. The van der Waals surface area contributed by atoms with Gasteiger partial charge < -0.3 is 0 Å². The van der Waals surface area contributed by atoms with Crippen molar-refractivity contribution in [1.29, 1.82) is 0 Å². The fourth-order valence-electron chi connectivity index (χ4n) is 1.65. The van der Waals surface area contributed by atoms with Crippen LogP contribution in [0.15, 0.2) is 0 Å². The third kappa shape index (κ3) is 14.7. The number of unbranched alkanes of at least 4 members (excludes halogenated alkanes) is 8. The van der Waals surface area contributed by atoms with Crippen molar-refractivity contribution in [2.75, 3.05) is 11.5 Å². The summed E-state index contributed by atoms with van der Waals surface area (Å²) in [5, 5.41) is 0. The van der Waals surface area contributed by atoms with E-state index in [1.807, 2.05) is 0 Å². The molecule has 0 aromatic carbocycles. The maximum Gasteiger partial charge on any atom is 0.00369 e. The minimum Gasteiger partial charge on any atom is -0.0942 e. The zero-order valence-electron chi connectivity index (χ0n) is 11.3. The molecule has 0 aliphatic heterocycles. The Morgan fingerprint density at radius 3 is 1.38 bits per heavy atom. The lowest BCUT2D eigenvalue weighted by Gasteiger charge is -2.01. The smallest absolute Gasteiger partial charge is 0.00369 e. The standard InChI is InChI=1S/C14H30S2/c1-3-5-7-9-10-12-14-16-15-13-11-8-6-4-2/h3-14H2,1-2H3. The highest BCUT2D eigenvalue weighted by atomic mass is 33.1. The highest BCUT2D eigenvalue weighted by Crippen LogP contribution is 2.24. The summed E-state index contributed by atoms with van der Waals surface area (Å²) in [6.45, 7) is 4.56. The van der Waals surface area contributed by atoms with Gasteiger partial charge in [0, 0.05) is 11.5 Å². The molecule has 0 heterocycles. The minimum atomic E-state index is 1.36. The van der Waals surface area contributed by atoms with Crippen molar-refractivity contribution >= 4 is 21.6 Å². The molecule has 0 saturated heterocycles. The molecule has 2 heteroatoms. The topological polar surface area (TPSA) is 0 Å². The van der Waals surface area contributed by atoms with Crippen LogP contribution >= 0.6 is 21.6 Å². The minimum absolute atomic E-state index is 1.36. The van der Waals surface area contributed by atoms with Crippen molar-refractivity contribution in [1.82, 2.24) is 0 Å². The highest BCUT2D eigenvalue weighted by Gasteiger charge is 1.93. The molecular formula is C14H30S2. The van der Waals surface area contributed by atoms with Gasteiger partial charge in [0.15, 0.2) is 0 Å². The summed E-state index contributed by atoms with van der Waals surface area (Å²) < 4.78 is 0. The van der Waals surface area contributed by atoms with E-state index >= 15 is 0 Å². The normalized spacial score (nSPS) is 10.9. The van der Waals surface area contributed by atoms with Gasteiger partial charge in [-0.05, 0) is 12.8 Å². The largest absolute Gasteiger partial charge is 0.0942 e. The van der Waals surface area contributed by atoms with Crippen LogP contribution in [-0.4, -0.2) is 11.5 Å². The van der Waals surface area contributed by atoms with Gasteiger partial charge in [0.2, 0.25) is 0 Å². The van der Waals surface area contributed by atoms with E-state index in [0.717, 1.165) is 0 Å². The third-order valence-corrected chi connectivity index (χ3v) is 5.32. The van der Waals surface area contributed by atoms with Crippen molar-refractivity contribution < 1.29 is 0 Å². The lowest BCUT2D eigenvalue weighted by molar-refractivity contribution is 0.627. The van der Waals surface area contributed by atoms with Gasteiger partial charge in [0.1, 0.15) is 0 Å². The molecule has 0 aliphatic carbocycles. The molecule has 0 spiro atoms. The molecule has 0 N–H and O–H groups in total. The highest BCUT2D eigenvalue weighted by molar-refractivity contribution is 8.76. The summed E-state index contributed by atoms with van der Waals surface area (Å²) >= 11 is 0. The van der Waals surface area contributed by atoms with E-state index in [2.05, 4.69) is 35.4 Å². The van der Waals surface area contributed by atoms with Gasteiger partial charge in [-0.15, -0.1) is 0 Å². The van der Waals surface area contributed by atoms with E-state index in [4.69, 9.17) is 0 Å². The molecule has 0 unspecified atom stereocenters. The van der Waals surface area contributed by atoms with Crippen LogP contribution in [0.1, 0.15) is 78.1 Å². The Hall–Kier alpha value is 0.700. The molecule has 0 radical (unpaired) electrons. The van der Waals surface area contributed by atoms with Gasteiger partial charge in [-0.3, -0.25) is 0 Å². The molecule has 98 valence electrons. The second-order valence-electron chi connectivity index (χ2n) is 4.47. The molecule has 0 amide bonds. The summed E-state index contributed by atoms with van der Waals surface area (Å²) in [6.07, 6.45) is 14.2. The third-order valence-electron chi connectivity index (χ3n) is 2.75. The van der Waals surface area contributed by atoms with Crippen LogP contribution < -0.4 is 0 Å². The van der Waals surface area contributed by atoms with Crippen LogP contribution in [0, 0.1) is 0 Å². The van der Waals surface area contributed by atoms with Crippen LogP contribution in [-0.2, 0) is 0 Å². The molecule has 0 nitrogen and oxygen atoms in total. The van der Waals surface area contributed by atoms with Crippen LogP contribution in [0.3, 0.4) is 0 Å². The maximum absolute atomic E-state index is 2.28. The Labute approximate surface area is 111 Å². The van der Waals surface area contributed by atoms with E-state index in [0.29, 0.717) is 0 Å². The van der Waals surface area contributed by atoms with Crippen molar-refractivity contribution in [3.63, 3.8) is 0 Å². The number of hydrogen-bond donors (Lipinski definition) is 0. The molecule has 0 atom stereocenters. The summed E-state index contributed by atoms with van der Waals surface area (Å²) in [5.41, 5.74) is 0. The fraction of sp³-hybridized carbons (Fsp3) is 1.00. The zero-order valence-corrected chi connectivity index (χ0v) is 12.9. The summed E-state index contributed by atoms with van der Waals surface area (Å²) in [5.74, 6) is 2.73. The fourth-order valence-corrected chi connectivity index (χ4v) is 3.94. The van der Waals surface area contributed by atoms with Crippen molar-refractivity contribution in [2.45, 2.75) is 78.1 Å². The van der Waals surface area contributed by atoms with Crippen LogP contribution in [0.4, 0.5) is 0 Å². The quantitative estimate of drug-likeness (QED) is 0.282. The van der Waals surface area contributed by atoms with Crippen molar-refractivity contribution in [3.05, 3.63) is 0 Å². The van der Waals surface area contributed by atoms with Gasteiger partial charge in [-0.25, -0.2) is 0 Å². The Morgan fingerprint density at radius 2 is 0.875 bits per heavy atom. The van der Waals surface area contributed by atoms with Crippen LogP contribution in [0.5, 0.6) is 0 Å². The first-order valence-corrected chi connectivity index (χ1v) is 9.65. The zero-order chi connectivity index (χ0) is 11.9. The summed E-state index contributed by atoms with van der Waals surface area (Å²) in [7, 11) is 4.18. The van der Waals surface area contributed by atoms with Gasteiger partial charge in [0.05, 0.1) is 0 Å². The molecule has 0 bridgehead atoms. The maximum atomic E-state index is 2.28. The average molecular weight is 263 g/mol. The monoisotopic (exact) mass is 262 g/mol. The molecule has 0 fully saturated rings. The van der Waals surface area contributed by atoms with Gasteiger partial charge in [0.25, 0.3) is 0 Å². The van der Waals surface area contributed by atoms with Crippen molar-refractivity contribution in [2.24, 2.45) is 0 Å². The van der Waals surface area contributed by atoms with Crippen LogP contribution in [0.25, 0.3) is 0 Å². The first-order valence-electron chi connectivity index (χ1n) is 7.16. The first-order chi connectivity index (χ1) is 7.91. The molecule has 0 aliphatic rings. The van der Waals surface area contributed by atoms with E-state index in [9.17, 15) is 0 Å². The number of rotatable bonds is 13. The van der Waals surface area contributed by atoms with E-state index in [-0.39, 0.29) is 0 Å². The van der Waals surface area contributed by atoms with Gasteiger partial charge >= 0.3 is 0 Å². The predicted molar refractivity (Wildman–Crippen MR) is 82.4 cm³/mol. The Balaban J connectivity index is 2.83. The second kappa shape index (κ2) is 15.7. The van der Waals surface area contributed by atoms with Crippen molar-refractivity contribution in [3.8, 4) is 0 Å². The molecule has 0 saturated carbocycles. The van der Waals surface area contributed by atoms with Gasteiger partial charge in [-0.1, -0.05) is 86.8 Å². The summed E-state index contributed by atoms with van der Waals surface area (Å²) in [6, 6.07) is 0.